The molecule has 5 nitrogen and oxygen atoms in total. The Morgan fingerprint density at radius 2 is 1.83 bits per heavy atom. The highest BCUT2D eigenvalue weighted by atomic mass is 32.2. The van der Waals surface area contributed by atoms with E-state index < -0.39 is 10.0 Å². The first kappa shape index (κ1) is 16.5. The number of nitrogens with one attached hydrogen (secondary N) is 1. The van der Waals surface area contributed by atoms with Crippen molar-refractivity contribution in [1.29, 1.82) is 0 Å². The molecule has 1 heterocycles. The summed E-state index contributed by atoms with van der Waals surface area (Å²) in [6, 6.07) is 12.1. The van der Waals surface area contributed by atoms with Gasteiger partial charge in [-0.25, -0.2) is 8.42 Å². The molecule has 0 aliphatic carbocycles. The van der Waals surface area contributed by atoms with E-state index in [2.05, 4.69) is 4.72 Å². The van der Waals surface area contributed by atoms with E-state index in [1.165, 1.54) is 6.92 Å². The molecule has 2 aromatic rings. The van der Waals surface area contributed by atoms with Crippen LogP contribution in [0.1, 0.15) is 30.9 Å². The van der Waals surface area contributed by atoms with Crippen molar-refractivity contribution in [3.8, 4) is 0 Å². The van der Waals surface area contributed by atoms with Gasteiger partial charge in [-0.15, -0.1) is 0 Å². The number of nitrogens with zero attached hydrogens (tertiary/aromatic N) is 1. The molecule has 1 amide bonds. The van der Waals surface area contributed by atoms with Crippen LogP contribution in [0.25, 0.3) is 0 Å². The van der Waals surface area contributed by atoms with Gasteiger partial charge in [0.2, 0.25) is 5.91 Å². The zero-order valence-corrected chi connectivity index (χ0v) is 14.7. The van der Waals surface area contributed by atoms with Gasteiger partial charge in [-0.3, -0.25) is 9.52 Å². The molecule has 1 N–H and O–H groups in total. The predicted octanol–water partition coefficient (Wildman–Crippen LogP) is 3.27. The van der Waals surface area contributed by atoms with Crippen LogP contribution in [0.3, 0.4) is 0 Å². The first-order chi connectivity index (χ1) is 11.3. The minimum atomic E-state index is -3.71. The highest BCUT2D eigenvalue weighted by Gasteiger charge is 2.31. The normalized spacial score (nSPS) is 16.8. The van der Waals surface area contributed by atoms with Crippen molar-refractivity contribution in [3.05, 3.63) is 53.6 Å². The standard InChI is InChI=1S/C18H20N2O3S/c1-12-7-9-15(10-8-12)24(22,23)19-17-6-4-5-16-13(2)11-20(14(3)21)18(16)17/h4-10,13,19H,11H2,1-3H3. The van der Waals surface area contributed by atoms with Gasteiger partial charge in [-0.2, -0.15) is 0 Å². The van der Waals surface area contributed by atoms with E-state index in [9.17, 15) is 13.2 Å². The number of hydrogen-bond donors (Lipinski definition) is 1. The summed E-state index contributed by atoms with van der Waals surface area (Å²) in [5.41, 5.74) is 3.07. The minimum absolute atomic E-state index is 0.0948. The smallest absolute Gasteiger partial charge is 0.261 e. The van der Waals surface area contributed by atoms with E-state index in [0.29, 0.717) is 17.9 Å². The Morgan fingerprint density at radius 1 is 1.17 bits per heavy atom. The highest BCUT2D eigenvalue weighted by molar-refractivity contribution is 7.92. The van der Waals surface area contributed by atoms with Gasteiger partial charge in [-0.05, 0) is 30.7 Å². The molecule has 1 unspecified atom stereocenters. The maximum atomic E-state index is 12.7. The quantitative estimate of drug-likeness (QED) is 0.929. The van der Waals surface area contributed by atoms with Gasteiger partial charge in [0.1, 0.15) is 0 Å². The number of carbonyl (C=O) groups excluding carboxylic acids is 1. The molecule has 24 heavy (non-hydrogen) atoms. The molecule has 6 heteroatoms. The van der Waals surface area contributed by atoms with E-state index in [4.69, 9.17) is 0 Å². The molecule has 0 saturated carbocycles. The second-order valence-corrected chi connectivity index (χ2v) is 7.88. The summed E-state index contributed by atoms with van der Waals surface area (Å²) in [6.07, 6.45) is 0. The molecule has 0 bridgehead atoms. The summed E-state index contributed by atoms with van der Waals surface area (Å²) in [5, 5.41) is 0. The number of fused-ring (bicyclic) bond motifs is 1. The van der Waals surface area contributed by atoms with Gasteiger partial charge >= 0.3 is 0 Å². The molecule has 0 spiro atoms. The van der Waals surface area contributed by atoms with Gasteiger partial charge in [0.05, 0.1) is 16.3 Å². The van der Waals surface area contributed by atoms with E-state index in [-0.39, 0.29) is 16.7 Å². The number of anilines is 2. The van der Waals surface area contributed by atoms with E-state index >= 15 is 0 Å². The summed E-state index contributed by atoms with van der Waals surface area (Å²) in [6.45, 7) is 5.99. The summed E-state index contributed by atoms with van der Waals surface area (Å²) < 4.78 is 28.0. The number of hydrogen-bond acceptors (Lipinski definition) is 3. The molecule has 0 fully saturated rings. The molecular formula is C18H20N2O3S. The Bertz CT molecular complexity index is 889. The number of rotatable bonds is 3. The number of sulfonamides is 1. The van der Waals surface area contributed by atoms with Gasteiger partial charge in [0.15, 0.2) is 0 Å². The number of carbonyl (C=O) groups is 1. The van der Waals surface area contributed by atoms with Crippen LogP contribution in [0.5, 0.6) is 0 Å². The molecule has 0 radical (unpaired) electrons. The number of amides is 1. The lowest BCUT2D eigenvalue weighted by Crippen LogP contribution is -2.27. The molecule has 0 aromatic heterocycles. The van der Waals surface area contributed by atoms with E-state index in [1.54, 1.807) is 35.2 Å². The highest BCUT2D eigenvalue weighted by Crippen LogP contribution is 2.42. The summed E-state index contributed by atoms with van der Waals surface area (Å²) in [5.74, 6) is 0.0790. The lowest BCUT2D eigenvalue weighted by atomic mass is 10.0. The Balaban J connectivity index is 2.03. The van der Waals surface area contributed by atoms with E-state index in [0.717, 1.165) is 11.1 Å². The van der Waals surface area contributed by atoms with Crippen molar-refractivity contribution >= 4 is 27.3 Å². The summed E-state index contributed by atoms with van der Waals surface area (Å²) in [7, 11) is -3.71. The minimum Gasteiger partial charge on any atom is -0.310 e. The second-order valence-electron chi connectivity index (χ2n) is 6.19. The molecular weight excluding hydrogens is 324 g/mol. The number of para-hydroxylation sites is 1. The van der Waals surface area contributed by atoms with Gasteiger partial charge in [0.25, 0.3) is 10.0 Å². The van der Waals surface area contributed by atoms with Crippen LogP contribution in [0, 0.1) is 6.92 Å². The van der Waals surface area contributed by atoms with E-state index in [1.807, 2.05) is 26.0 Å². The van der Waals surface area contributed by atoms with Crippen molar-refractivity contribution in [2.45, 2.75) is 31.6 Å². The fraction of sp³-hybridized carbons (Fsp3) is 0.278. The van der Waals surface area contributed by atoms with Crippen LogP contribution >= 0.6 is 0 Å². The third-order valence-electron chi connectivity index (χ3n) is 4.28. The SMILES string of the molecule is CC(=O)N1CC(C)c2cccc(NS(=O)(=O)c3ccc(C)cc3)c21. The lowest BCUT2D eigenvalue weighted by molar-refractivity contribution is -0.116. The Kier molecular flexibility index (Phi) is 4.09. The first-order valence-corrected chi connectivity index (χ1v) is 9.28. The molecule has 1 atom stereocenters. The fourth-order valence-corrected chi connectivity index (χ4v) is 4.08. The van der Waals surface area contributed by atoms with Crippen LogP contribution in [0.4, 0.5) is 11.4 Å². The topological polar surface area (TPSA) is 66.5 Å². The largest absolute Gasteiger partial charge is 0.310 e. The molecule has 126 valence electrons. The average Bonchev–Trinajstić information content (AvgIpc) is 2.86. The third-order valence-corrected chi connectivity index (χ3v) is 5.66. The molecule has 2 aromatic carbocycles. The number of benzene rings is 2. The van der Waals surface area contributed by atoms with Crippen LogP contribution in [0.15, 0.2) is 47.4 Å². The molecule has 3 rings (SSSR count). The van der Waals surface area contributed by atoms with Crippen molar-refractivity contribution in [3.63, 3.8) is 0 Å². The predicted molar refractivity (Wildman–Crippen MR) is 94.9 cm³/mol. The maximum absolute atomic E-state index is 12.7. The summed E-state index contributed by atoms with van der Waals surface area (Å²) >= 11 is 0. The van der Waals surface area contributed by atoms with Gasteiger partial charge in [0, 0.05) is 19.4 Å². The van der Waals surface area contributed by atoms with Crippen LogP contribution < -0.4 is 9.62 Å². The fourth-order valence-electron chi connectivity index (χ4n) is 3.01. The van der Waals surface area contributed by atoms with Crippen molar-refractivity contribution in [2.75, 3.05) is 16.2 Å². The Hall–Kier alpha value is -2.34. The van der Waals surface area contributed by atoms with Crippen molar-refractivity contribution in [1.82, 2.24) is 0 Å². The van der Waals surface area contributed by atoms with Crippen LogP contribution in [-0.4, -0.2) is 20.9 Å². The maximum Gasteiger partial charge on any atom is 0.261 e. The molecule has 0 saturated heterocycles. The Labute approximate surface area is 142 Å². The molecule has 1 aliphatic heterocycles. The van der Waals surface area contributed by atoms with Crippen molar-refractivity contribution in [2.24, 2.45) is 0 Å². The van der Waals surface area contributed by atoms with Gasteiger partial charge in [-0.1, -0.05) is 36.8 Å². The van der Waals surface area contributed by atoms with Crippen LogP contribution in [-0.2, 0) is 14.8 Å². The van der Waals surface area contributed by atoms with Crippen LogP contribution in [0.2, 0.25) is 0 Å². The lowest BCUT2D eigenvalue weighted by Gasteiger charge is -2.19. The Morgan fingerprint density at radius 3 is 2.46 bits per heavy atom. The third kappa shape index (κ3) is 2.89. The van der Waals surface area contributed by atoms with Gasteiger partial charge < -0.3 is 4.90 Å². The first-order valence-electron chi connectivity index (χ1n) is 7.80. The molecule has 1 aliphatic rings. The number of aryl methyl sites for hydroxylation is 1. The average molecular weight is 344 g/mol. The van der Waals surface area contributed by atoms with Crippen molar-refractivity contribution < 1.29 is 13.2 Å². The second kappa shape index (κ2) is 5.94. The summed E-state index contributed by atoms with van der Waals surface area (Å²) in [4.78, 5) is 13.8. The zero-order valence-electron chi connectivity index (χ0n) is 13.9. The monoisotopic (exact) mass is 344 g/mol. The zero-order chi connectivity index (χ0) is 17.5.